The number of hydrogen-bond acceptors (Lipinski definition) is 1. The van der Waals surface area contributed by atoms with Gasteiger partial charge in [-0.25, -0.2) is 0 Å². The van der Waals surface area contributed by atoms with Gasteiger partial charge in [0.05, 0.1) is 0 Å². The van der Waals surface area contributed by atoms with Crippen LogP contribution in [-0.4, -0.2) is 10.8 Å². The highest BCUT2D eigenvalue weighted by molar-refractivity contribution is 9.10. The summed E-state index contributed by atoms with van der Waals surface area (Å²) in [4.78, 5) is 15.8. The minimum atomic E-state index is -0.0112. The lowest BCUT2D eigenvalue weighted by molar-refractivity contribution is 0.104. The molecule has 2 aromatic carbocycles. The Balaban J connectivity index is 2.15. The van der Waals surface area contributed by atoms with Gasteiger partial charge in [-0.15, -0.1) is 0 Å². The molecule has 0 amide bonds. The van der Waals surface area contributed by atoms with Crippen molar-refractivity contribution in [2.45, 2.75) is 6.92 Å². The maximum Gasteiger partial charge on any atom is 0.195 e. The summed E-state index contributed by atoms with van der Waals surface area (Å²) in [5.41, 5.74) is 3.14. The molecule has 0 aliphatic rings. The van der Waals surface area contributed by atoms with Crippen LogP contribution in [0.2, 0.25) is 5.02 Å². The van der Waals surface area contributed by atoms with Crippen molar-refractivity contribution >= 4 is 44.2 Å². The Kier molecular flexibility index (Phi) is 3.40. The monoisotopic (exact) mass is 347 g/mol. The summed E-state index contributed by atoms with van der Waals surface area (Å²) in [5.74, 6) is -0.0112. The highest BCUT2D eigenvalue weighted by Gasteiger charge is 2.16. The Morgan fingerprint density at radius 2 is 2.05 bits per heavy atom. The van der Waals surface area contributed by atoms with Crippen LogP contribution in [0.5, 0.6) is 0 Å². The number of fused-ring (bicyclic) bond motifs is 1. The Morgan fingerprint density at radius 1 is 1.25 bits per heavy atom. The van der Waals surface area contributed by atoms with Crippen molar-refractivity contribution in [3.05, 3.63) is 68.8 Å². The van der Waals surface area contributed by atoms with E-state index in [-0.39, 0.29) is 5.78 Å². The van der Waals surface area contributed by atoms with Gasteiger partial charge in [0.2, 0.25) is 0 Å². The van der Waals surface area contributed by atoms with Crippen LogP contribution in [-0.2, 0) is 0 Å². The molecule has 4 heteroatoms. The van der Waals surface area contributed by atoms with Crippen molar-refractivity contribution in [1.29, 1.82) is 0 Å². The normalized spacial score (nSPS) is 10.9. The van der Waals surface area contributed by atoms with Crippen LogP contribution in [0, 0.1) is 6.92 Å². The molecule has 0 aliphatic carbocycles. The minimum Gasteiger partial charge on any atom is -0.360 e. The van der Waals surface area contributed by atoms with Gasteiger partial charge in [-0.3, -0.25) is 4.79 Å². The Morgan fingerprint density at radius 3 is 2.80 bits per heavy atom. The van der Waals surface area contributed by atoms with Crippen molar-refractivity contribution < 1.29 is 4.79 Å². The third-order valence-electron chi connectivity index (χ3n) is 3.32. The van der Waals surface area contributed by atoms with Crippen LogP contribution in [0.1, 0.15) is 21.5 Å². The zero-order chi connectivity index (χ0) is 14.3. The number of benzene rings is 2. The number of aromatic nitrogens is 1. The summed E-state index contributed by atoms with van der Waals surface area (Å²) in [7, 11) is 0. The van der Waals surface area contributed by atoms with E-state index < -0.39 is 0 Å². The molecule has 20 heavy (non-hydrogen) atoms. The molecular formula is C16H11BrClNO. The van der Waals surface area contributed by atoms with Gasteiger partial charge in [0.15, 0.2) is 5.78 Å². The molecule has 0 radical (unpaired) electrons. The second-order valence-electron chi connectivity index (χ2n) is 4.66. The van der Waals surface area contributed by atoms with E-state index in [1.54, 1.807) is 18.3 Å². The molecule has 0 atom stereocenters. The molecule has 1 aromatic heterocycles. The van der Waals surface area contributed by atoms with Gasteiger partial charge in [-0.2, -0.15) is 0 Å². The molecule has 0 unspecified atom stereocenters. The third-order valence-corrected chi connectivity index (χ3v) is 4.40. The molecule has 0 saturated carbocycles. The Hall–Kier alpha value is -1.58. The number of ketones is 1. The summed E-state index contributed by atoms with van der Waals surface area (Å²) in [5, 5.41) is 1.58. The first-order valence-corrected chi connectivity index (χ1v) is 7.31. The summed E-state index contributed by atoms with van der Waals surface area (Å²) in [6, 6.07) is 11.1. The lowest BCUT2D eigenvalue weighted by Gasteiger charge is -2.04. The van der Waals surface area contributed by atoms with Crippen molar-refractivity contribution in [2.75, 3.05) is 0 Å². The van der Waals surface area contributed by atoms with Crippen molar-refractivity contribution in [3.8, 4) is 0 Å². The number of carbonyl (C=O) groups excluding carboxylic acids is 1. The highest BCUT2D eigenvalue weighted by atomic mass is 79.9. The number of rotatable bonds is 2. The molecule has 0 bridgehead atoms. The fourth-order valence-corrected chi connectivity index (χ4v) is 2.96. The molecule has 0 saturated heterocycles. The summed E-state index contributed by atoms with van der Waals surface area (Å²) in [6.07, 6.45) is 1.75. The average molecular weight is 349 g/mol. The lowest BCUT2D eigenvalue weighted by Crippen LogP contribution is -2.01. The number of nitrogens with one attached hydrogen (secondary N) is 1. The predicted octanol–water partition coefficient (Wildman–Crippen LogP) is 5.12. The topological polar surface area (TPSA) is 32.9 Å². The van der Waals surface area contributed by atoms with E-state index in [0.717, 1.165) is 20.9 Å². The van der Waals surface area contributed by atoms with Gasteiger partial charge in [0.25, 0.3) is 0 Å². The number of halogens is 2. The van der Waals surface area contributed by atoms with Crippen LogP contribution in [0.25, 0.3) is 10.9 Å². The fourth-order valence-electron chi connectivity index (χ4n) is 2.26. The second-order valence-corrected chi connectivity index (χ2v) is 5.92. The quantitative estimate of drug-likeness (QED) is 0.640. The van der Waals surface area contributed by atoms with Crippen LogP contribution in [0.15, 0.2) is 47.1 Å². The van der Waals surface area contributed by atoms with Gasteiger partial charge < -0.3 is 4.98 Å². The Bertz CT molecular complexity index is 822. The smallest absolute Gasteiger partial charge is 0.195 e. The number of aromatic amines is 1. The summed E-state index contributed by atoms with van der Waals surface area (Å²) in [6.45, 7) is 1.89. The van der Waals surface area contributed by atoms with Crippen molar-refractivity contribution in [2.24, 2.45) is 0 Å². The molecule has 3 rings (SSSR count). The van der Waals surface area contributed by atoms with E-state index in [2.05, 4.69) is 20.9 Å². The lowest BCUT2D eigenvalue weighted by atomic mass is 10.0. The molecule has 2 nitrogen and oxygen atoms in total. The first kappa shape index (κ1) is 13.4. The van der Waals surface area contributed by atoms with E-state index >= 15 is 0 Å². The highest BCUT2D eigenvalue weighted by Crippen LogP contribution is 2.29. The third kappa shape index (κ3) is 2.17. The van der Waals surface area contributed by atoms with Crippen LogP contribution in [0.3, 0.4) is 0 Å². The van der Waals surface area contributed by atoms with E-state index in [9.17, 15) is 4.79 Å². The summed E-state index contributed by atoms with van der Waals surface area (Å²) >= 11 is 9.51. The fraction of sp³-hybridized carbons (Fsp3) is 0.0625. The average Bonchev–Trinajstić information content (AvgIpc) is 2.86. The maximum absolute atomic E-state index is 12.7. The maximum atomic E-state index is 12.7. The van der Waals surface area contributed by atoms with E-state index in [0.29, 0.717) is 16.1 Å². The standard InChI is InChI=1S/C16H11BrClNO/c1-9-7-10(5-6-13(9)18)16(20)11-8-19-14-4-2-3-12(17)15(11)14/h2-8,19H,1H3. The molecule has 1 N–H and O–H groups in total. The number of carbonyl (C=O) groups is 1. The first-order valence-electron chi connectivity index (χ1n) is 6.14. The summed E-state index contributed by atoms with van der Waals surface area (Å²) < 4.78 is 0.908. The molecule has 0 aliphatic heterocycles. The van der Waals surface area contributed by atoms with Gasteiger partial charge in [-0.1, -0.05) is 33.6 Å². The first-order chi connectivity index (χ1) is 9.58. The zero-order valence-corrected chi connectivity index (χ0v) is 13.0. The molecule has 3 aromatic rings. The molecule has 0 spiro atoms. The number of aryl methyl sites for hydroxylation is 1. The minimum absolute atomic E-state index is 0.0112. The number of H-pyrrole nitrogens is 1. The van der Waals surface area contributed by atoms with E-state index in [1.807, 2.05) is 31.2 Å². The van der Waals surface area contributed by atoms with E-state index in [1.165, 1.54) is 0 Å². The van der Waals surface area contributed by atoms with Crippen molar-refractivity contribution in [1.82, 2.24) is 4.98 Å². The molecule has 100 valence electrons. The number of hydrogen-bond donors (Lipinski definition) is 1. The molecule has 1 heterocycles. The van der Waals surface area contributed by atoms with Crippen molar-refractivity contribution in [3.63, 3.8) is 0 Å². The SMILES string of the molecule is Cc1cc(C(=O)c2c[nH]c3cccc(Br)c23)ccc1Cl. The van der Waals surface area contributed by atoms with Gasteiger partial charge in [-0.05, 0) is 42.8 Å². The Labute approximate surface area is 129 Å². The largest absolute Gasteiger partial charge is 0.360 e. The van der Waals surface area contributed by atoms with Crippen LogP contribution < -0.4 is 0 Å². The van der Waals surface area contributed by atoms with Gasteiger partial charge in [0, 0.05) is 37.7 Å². The predicted molar refractivity (Wildman–Crippen MR) is 85.6 cm³/mol. The van der Waals surface area contributed by atoms with E-state index in [4.69, 9.17) is 11.6 Å². The zero-order valence-electron chi connectivity index (χ0n) is 10.7. The molecule has 0 fully saturated rings. The molecular weight excluding hydrogens is 338 g/mol. The second kappa shape index (κ2) is 5.08. The van der Waals surface area contributed by atoms with Gasteiger partial charge >= 0.3 is 0 Å². The van der Waals surface area contributed by atoms with Crippen LogP contribution in [0.4, 0.5) is 0 Å². The van der Waals surface area contributed by atoms with Gasteiger partial charge in [0.1, 0.15) is 0 Å². The van der Waals surface area contributed by atoms with Crippen LogP contribution >= 0.6 is 27.5 Å².